The molecule has 0 amide bonds. The van der Waals surface area contributed by atoms with E-state index in [0.29, 0.717) is 0 Å². The van der Waals surface area contributed by atoms with Crippen molar-refractivity contribution in [2.24, 2.45) is 0 Å². The standard InChI is InChI=1S/Cd.GeH4.O.Pb.Sn.4H/h;1H4;;;;;;;. The van der Waals surface area contributed by atoms with Crippen LogP contribution in [0.3, 0.4) is 0 Å². The first-order valence-electron chi connectivity index (χ1n) is 0.204. The van der Waals surface area contributed by atoms with E-state index in [9.17, 15) is 0 Å². The summed E-state index contributed by atoms with van der Waals surface area (Å²) in [6.07, 6.45) is 0. The molecular formula is H8CdGeOPbSn. The second kappa shape index (κ2) is 28.1. The van der Waals surface area contributed by atoms with Gasteiger partial charge >= 0.3 is 70.0 Å². The molecule has 0 spiro atoms. The maximum absolute atomic E-state index is 8.39. The van der Waals surface area contributed by atoms with Crippen LogP contribution in [0.1, 0.15) is 0 Å². The van der Waals surface area contributed by atoms with Crippen LogP contribution in [0, 0.1) is 0 Å². The molecule has 0 bridgehead atoms. The summed E-state index contributed by atoms with van der Waals surface area (Å²) < 4.78 is 8.39. The van der Waals surface area contributed by atoms with E-state index in [0.717, 1.165) is 0 Å². The van der Waals surface area contributed by atoms with E-state index in [4.69, 9.17) is 2.69 Å². The molecular weight excluding hydrogens is 527 g/mol. The Labute approximate surface area is 95.3 Å². The van der Waals surface area contributed by atoms with E-state index < -0.39 is 0 Å². The Balaban J connectivity index is -0.00000000167. The van der Waals surface area contributed by atoms with E-state index in [1.165, 1.54) is 0 Å². The second-order valence-electron chi connectivity index (χ2n) is 0. The molecule has 5 heteroatoms. The monoisotopic (exact) mass is 540 g/mol. The predicted octanol–water partition coefficient (Wildman–Crippen LogP) is -3.41. The SMILES string of the molecule is [Cd].[GeH4].[O]=[Pb].[SnH4]. The molecule has 0 rings (SSSR count). The maximum atomic E-state index is 8.39. The summed E-state index contributed by atoms with van der Waals surface area (Å²) in [7, 11) is 0. The summed E-state index contributed by atoms with van der Waals surface area (Å²) in [5.74, 6) is 0. The molecule has 0 aromatic rings. The van der Waals surface area contributed by atoms with Gasteiger partial charge < -0.3 is 0 Å². The van der Waals surface area contributed by atoms with Gasteiger partial charge in [0.05, 0.1) is 0 Å². The summed E-state index contributed by atoms with van der Waals surface area (Å²) in [6.45, 7) is 0. The molecule has 0 saturated carbocycles. The normalized spacial score (nSPS) is 0.800. The van der Waals surface area contributed by atoms with Crippen molar-refractivity contribution < 1.29 is 30.0 Å². The molecule has 0 fully saturated rings. The molecule has 0 aliphatic rings. The van der Waals surface area contributed by atoms with Crippen molar-refractivity contribution in [3.05, 3.63) is 0 Å². The van der Waals surface area contributed by atoms with Crippen LogP contribution in [0.15, 0.2) is 0 Å². The molecule has 0 aromatic heterocycles. The van der Waals surface area contributed by atoms with Crippen LogP contribution in [0.4, 0.5) is 0 Å². The van der Waals surface area contributed by atoms with E-state index in [1.54, 1.807) is 0 Å². The third-order valence-electron chi connectivity index (χ3n) is 0. The van der Waals surface area contributed by atoms with Crippen molar-refractivity contribution in [2.45, 2.75) is 0 Å². The fraction of sp³-hybridized carbons (Fsp3) is 0. The van der Waals surface area contributed by atoms with Crippen LogP contribution in [0.25, 0.3) is 0 Å². The van der Waals surface area contributed by atoms with Crippen molar-refractivity contribution >= 4 is 67.3 Å². The van der Waals surface area contributed by atoms with Gasteiger partial charge in [-0.15, -0.1) is 0 Å². The Morgan fingerprint density at radius 1 is 1.20 bits per heavy atom. The van der Waals surface area contributed by atoms with Crippen molar-refractivity contribution in [1.29, 1.82) is 0 Å². The zero-order valence-corrected chi connectivity index (χ0v) is 9.54. The van der Waals surface area contributed by atoms with Gasteiger partial charge in [-0.1, -0.05) is 0 Å². The van der Waals surface area contributed by atoms with E-state index in [-0.39, 0.29) is 94.6 Å². The summed E-state index contributed by atoms with van der Waals surface area (Å²) in [4.78, 5) is 0. The fourth-order valence-corrected chi connectivity index (χ4v) is 0. The van der Waals surface area contributed by atoms with Crippen LogP contribution in [-0.2, 0) is 30.0 Å². The van der Waals surface area contributed by atoms with Crippen LogP contribution in [-0.4, -0.2) is 67.3 Å². The Morgan fingerprint density at radius 3 is 1.20 bits per heavy atom. The quantitative estimate of drug-likeness (QED) is 0.296. The van der Waals surface area contributed by atoms with Gasteiger partial charge in [-0.2, -0.15) is 0 Å². The van der Waals surface area contributed by atoms with Crippen LogP contribution < -0.4 is 0 Å². The summed E-state index contributed by atoms with van der Waals surface area (Å²) in [6, 6.07) is 0. The Morgan fingerprint density at radius 2 is 1.20 bits per heavy atom. The fourth-order valence-electron chi connectivity index (χ4n) is 0. The van der Waals surface area contributed by atoms with Gasteiger partial charge in [-0.05, 0) is 0 Å². The van der Waals surface area contributed by atoms with E-state index in [2.05, 4.69) is 0 Å². The second-order valence-corrected chi connectivity index (χ2v) is 0. The van der Waals surface area contributed by atoms with Gasteiger partial charge in [-0.3, -0.25) is 0 Å². The molecule has 0 aliphatic heterocycles. The molecule has 0 N–H and O–H groups in total. The Bertz CT molecular complexity index is 11.6. The van der Waals surface area contributed by atoms with Gasteiger partial charge in [0.25, 0.3) is 0 Å². The Hall–Kier alpha value is 2.99. The molecule has 2 radical (unpaired) electrons. The van der Waals surface area contributed by atoms with Crippen LogP contribution in [0.5, 0.6) is 0 Å². The van der Waals surface area contributed by atoms with Gasteiger partial charge in [0.1, 0.15) is 0 Å². The predicted molar refractivity (Wildman–Crippen MR) is 29.1 cm³/mol. The molecule has 0 atom stereocenters. The summed E-state index contributed by atoms with van der Waals surface area (Å²) in [5, 5.41) is 0. The molecule has 0 saturated heterocycles. The molecule has 1 nitrogen and oxygen atoms in total. The zero-order valence-electron chi connectivity index (χ0n) is 1.62. The van der Waals surface area contributed by atoms with Crippen molar-refractivity contribution in [3.63, 3.8) is 0 Å². The van der Waals surface area contributed by atoms with Crippen molar-refractivity contribution in [2.75, 3.05) is 0 Å². The number of hydrogen-bond donors (Lipinski definition) is 0. The third kappa shape index (κ3) is 19.5. The third-order valence-corrected chi connectivity index (χ3v) is 0. The minimum atomic E-state index is 0. The van der Waals surface area contributed by atoms with Crippen LogP contribution in [0.2, 0.25) is 0 Å². The van der Waals surface area contributed by atoms with Gasteiger partial charge in [0.15, 0.2) is 0 Å². The van der Waals surface area contributed by atoms with Crippen LogP contribution >= 0.6 is 0 Å². The first-order chi connectivity index (χ1) is 1.00. The topological polar surface area (TPSA) is 17.1 Å². The summed E-state index contributed by atoms with van der Waals surface area (Å²) in [5.41, 5.74) is 0. The van der Waals surface area contributed by atoms with E-state index >= 15 is 0 Å². The van der Waals surface area contributed by atoms with Gasteiger partial charge in [0, 0.05) is 27.3 Å². The molecule has 0 unspecified atom stereocenters. The van der Waals surface area contributed by atoms with Gasteiger partial charge in [0.2, 0.25) is 0 Å². The average molecular weight is 535 g/mol. The first kappa shape index (κ1) is 24.5. The Kier molecular flexibility index (Phi) is 138. The molecule has 0 heterocycles. The molecule has 0 aromatic carbocycles. The van der Waals surface area contributed by atoms with Crippen molar-refractivity contribution in [1.82, 2.24) is 0 Å². The molecule has 0 aliphatic carbocycles. The van der Waals surface area contributed by atoms with E-state index in [1.807, 2.05) is 0 Å². The van der Waals surface area contributed by atoms with Gasteiger partial charge in [-0.25, -0.2) is 0 Å². The molecule has 28 valence electrons. The number of rotatable bonds is 0. The zero-order chi connectivity index (χ0) is 2.00. The van der Waals surface area contributed by atoms with Crippen molar-refractivity contribution in [3.8, 4) is 0 Å². The summed E-state index contributed by atoms with van der Waals surface area (Å²) >= 11 is 0.0556. The minimum absolute atomic E-state index is 0. The first-order valence-corrected chi connectivity index (χ1v) is 1.79. The molecule has 5 heavy (non-hydrogen) atoms. The number of hydrogen-bond acceptors (Lipinski definition) is 1. The average Bonchev–Trinajstić information content (AvgIpc) is 1.00.